The number of rotatable bonds is 5. The summed E-state index contributed by atoms with van der Waals surface area (Å²) >= 11 is 0. The molecule has 1 aromatic rings. The summed E-state index contributed by atoms with van der Waals surface area (Å²) in [7, 11) is 0. The van der Waals surface area contributed by atoms with Crippen LogP contribution in [0.1, 0.15) is 31.1 Å². The van der Waals surface area contributed by atoms with E-state index in [-0.39, 0.29) is 12.4 Å². The highest BCUT2D eigenvalue weighted by molar-refractivity contribution is 6.38. The number of allylic oxidation sites excluding steroid dienone is 1. The number of carbonyl (C=O) groups is 2. The molecule has 0 heterocycles. The highest BCUT2D eigenvalue weighted by atomic mass is 16.5. The third kappa shape index (κ3) is 4.87. The van der Waals surface area contributed by atoms with Gasteiger partial charge in [-0.1, -0.05) is 24.3 Å². The van der Waals surface area contributed by atoms with E-state index >= 15 is 0 Å². The summed E-state index contributed by atoms with van der Waals surface area (Å²) in [5, 5.41) is 0. The standard InChI is InChI=1S/C15H17NO3/c1-4-14(16-11(2)12(3)17)10-19-15(18)13-8-6-5-7-9-13/h4-9H,10H2,1-3H3/b14-4-,16-11?. The summed E-state index contributed by atoms with van der Waals surface area (Å²) in [6.45, 7) is 4.91. The Kier molecular flexibility index (Phi) is 5.67. The number of carbonyl (C=O) groups excluding carboxylic acids is 2. The lowest BCUT2D eigenvalue weighted by Crippen LogP contribution is -2.10. The van der Waals surface area contributed by atoms with E-state index in [1.54, 1.807) is 44.2 Å². The molecule has 4 heteroatoms. The Hall–Kier alpha value is -2.23. The van der Waals surface area contributed by atoms with Gasteiger partial charge in [0.05, 0.1) is 17.0 Å². The first-order valence-electron chi connectivity index (χ1n) is 5.98. The van der Waals surface area contributed by atoms with Gasteiger partial charge in [0.15, 0.2) is 5.78 Å². The predicted molar refractivity (Wildman–Crippen MR) is 74.3 cm³/mol. The molecule has 0 radical (unpaired) electrons. The molecule has 0 aliphatic heterocycles. The van der Waals surface area contributed by atoms with Crippen molar-refractivity contribution in [3.05, 3.63) is 47.7 Å². The monoisotopic (exact) mass is 259 g/mol. The molecule has 0 N–H and O–H groups in total. The van der Waals surface area contributed by atoms with Crippen molar-refractivity contribution in [2.24, 2.45) is 4.99 Å². The second kappa shape index (κ2) is 7.26. The third-order valence-electron chi connectivity index (χ3n) is 2.51. The molecule has 0 bridgehead atoms. The van der Waals surface area contributed by atoms with E-state index in [1.165, 1.54) is 6.92 Å². The fourth-order valence-electron chi connectivity index (χ4n) is 1.27. The zero-order valence-corrected chi connectivity index (χ0v) is 11.3. The van der Waals surface area contributed by atoms with Crippen LogP contribution < -0.4 is 0 Å². The van der Waals surface area contributed by atoms with Crippen LogP contribution in [-0.2, 0) is 9.53 Å². The maximum absolute atomic E-state index is 11.7. The van der Waals surface area contributed by atoms with E-state index < -0.39 is 5.97 Å². The molecule has 19 heavy (non-hydrogen) atoms. The van der Waals surface area contributed by atoms with E-state index in [1.807, 2.05) is 6.07 Å². The highest BCUT2D eigenvalue weighted by Gasteiger charge is 2.07. The summed E-state index contributed by atoms with van der Waals surface area (Å²) in [5.41, 5.74) is 1.44. The minimum absolute atomic E-state index is 0.0504. The fourth-order valence-corrected chi connectivity index (χ4v) is 1.27. The van der Waals surface area contributed by atoms with Gasteiger partial charge in [-0.3, -0.25) is 9.79 Å². The number of nitrogens with zero attached hydrogens (tertiary/aromatic N) is 1. The van der Waals surface area contributed by atoms with Gasteiger partial charge in [0.2, 0.25) is 0 Å². The average molecular weight is 259 g/mol. The van der Waals surface area contributed by atoms with Crippen molar-refractivity contribution in [1.82, 2.24) is 0 Å². The summed E-state index contributed by atoms with van der Waals surface area (Å²) in [4.78, 5) is 26.9. The zero-order chi connectivity index (χ0) is 14.3. The zero-order valence-electron chi connectivity index (χ0n) is 11.3. The Labute approximate surface area is 112 Å². The summed E-state index contributed by atoms with van der Waals surface area (Å²) in [5.74, 6) is -0.510. The van der Waals surface area contributed by atoms with Crippen LogP contribution in [0, 0.1) is 0 Å². The van der Waals surface area contributed by atoms with Gasteiger partial charge in [-0.15, -0.1) is 0 Å². The maximum atomic E-state index is 11.7. The van der Waals surface area contributed by atoms with Crippen LogP contribution >= 0.6 is 0 Å². The topological polar surface area (TPSA) is 55.7 Å². The summed E-state index contributed by atoms with van der Waals surface area (Å²) in [6, 6.07) is 8.73. The molecule has 1 rings (SSSR count). The van der Waals surface area contributed by atoms with Gasteiger partial charge in [0, 0.05) is 6.92 Å². The van der Waals surface area contributed by atoms with E-state index in [4.69, 9.17) is 4.74 Å². The van der Waals surface area contributed by atoms with Gasteiger partial charge in [-0.2, -0.15) is 0 Å². The van der Waals surface area contributed by atoms with E-state index in [9.17, 15) is 9.59 Å². The van der Waals surface area contributed by atoms with E-state index in [2.05, 4.69) is 4.99 Å². The first kappa shape index (κ1) is 14.8. The average Bonchev–Trinajstić information content (AvgIpc) is 2.43. The Balaban J connectivity index is 2.63. The molecule has 1 aromatic carbocycles. The number of ketones is 1. The second-order valence-corrected chi connectivity index (χ2v) is 3.98. The van der Waals surface area contributed by atoms with Gasteiger partial charge < -0.3 is 4.74 Å². The fraction of sp³-hybridized carbons (Fsp3) is 0.267. The Morgan fingerprint density at radius 1 is 1.21 bits per heavy atom. The molecule has 0 saturated carbocycles. The third-order valence-corrected chi connectivity index (χ3v) is 2.51. The number of hydrogen-bond acceptors (Lipinski definition) is 4. The van der Waals surface area contributed by atoms with Crippen molar-refractivity contribution in [3.63, 3.8) is 0 Å². The van der Waals surface area contributed by atoms with Crippen LogP contribution in [-0.4, -0.2) is 24.1 Å². The minimum Gasteiger partial charge on any atom is -0.456 e. The molecule has 0 saturated heterocycles. The molecule has 0 amide bonds. The lowest BCUT2D eigenvalue weighted by Gasteiger charge is -2.05. The van der Waals surface area contributed by atoms with Crippen LogP contribution in [0.25, 0.3) is 0 Å². The molecule has 0 fully saturated rings. The molecule has 0 atom stereocenters. The molecule has 0 aromatic heterocycles. The summed E-state index contributed by atoms with van der Waals surface area (Å²) in [6.07, 6.45) is 1.71. The number of esters is 1. The van der Waals surface area contributed by atoms with Gasteiger partial charge >= 0.3 is 5.97 Å². The van der Waals surface area contributed by atoms with Crippen LogP contribution in [0.4, 0.5) is 0 Å². The van der Waals surface area contributed by atoms with Crippen molar-refractivity contribution in [2.45, 2.75) is 20.8 Å². The number of aliphatic imine (C=N–C) groups is 1. The van der Waals surface area contributed by atoms with Crippen molar-refractivity contribution in [2.75, 3.05) is 6.61 Å². The van der Waals surface area contributed by atoms with Gasteiger partial charge in [0.1, 0.15) is 6.61 Å². The smallest absolute Gasteiger partial charge is 0.338 e. The Morgan fingerprint density at radius 2 is 1.84 bits per heavy atom. The van der Waals surface area contributed by atoms with Gasteiger partial charge in [-0.05, 0) is 26.0 Å². The Morgan fingerprint density at radius 3 is 2.37 bits per heavy atom. The van der Waals surface area contributed by atoms with Crippen molar-refractivity contribution >= 4 is 17.5 Å². The first-order valence-corrected chi connectivity index (χ1v) is 5.98. The lowest BCUT2D eigenvalue weighted by atomic mass is 10.2. The van der Waals surface area contributed by atoms with Gasteiger partial charge in [0.25, 0.3) is 0 Å². The predicted octanol–water partition coefficient (Wildman–Crippen LogP) is 2.80. The largest absolute Gasteiger partial charge is 0.456 e. The van der Waals surface area contributed by atoms with Crippen LogP contribution in [0.15, 0.2) is 47.1 Å². The molecule has 0 aliphatic rings. The van der Waals surface area contributed by atoms with Gasteiger partial charge in [-0.25, -0.2) is 4.79 Å². The minimum atomic E-state index is -0.407. The van der Waals surface area contributed by atoms with Crippen molar-refractivity contribution in [1.29, 1.82) is 0 Å². The van der Waals surface area contributed by atoms with E-state index in [0.29, 0.717) is 17.0 Å². The molecule has 0 aliphatic carbocycles. The maximum Gasteiger partial charge on any atom is 0.338 e. The molecular formula is C15H17NO3. The quantitative estimate of drug-likeness (QED) is 0.603. The second-order valence-electron chi connectivity index (χ2n) is 3.98. The number of ether oxygens (including phenoxy) is 1. The summed E-state index contributed by atoms with van der Waals surface area (Å²) < 4.78 is 5.14. The Bertz CT molecular complexity index is 515. The number of benzene rings is 1. The molecule has 4 nitrogen and oxygen atoms in total. The molecule has 0 unspecified atom stereocenters. The molecule has 100 valence electrons. The highest BCUT2D eigenvalue weighted by Crippen LogP contribution is 2.05. The number of hydrogen-bond donors (Lipinski definition) is 0. The van der Waals surface area contributed by atoms with Crippen molar-refractivity contribution in [3.8, 4) is 0 Å². The normalized spacial score (nSPS) is 12.2. The molecule has 0 spiro atoms. The SMILES string of the molecule is C/C=C(/COC(=O)c1ccccc1)N=C(C)C(C)=O. The van der Waals surface area contributed by atoms with Crippen LogP contribution in [0.3, 0.4) is 0 Å². The lowest BCUT2D eigenvalue weighted by molar-refractivity contribution is -0.111. The first-order chi connectivity index (χ1) is 9.04. The number of Topliss-reactive ketones (excluding diaryl/α,β-unsaturated/α-hetero) is 1. The van der Waals surface area contributed by atoms with Crippen molar-refractivity contribution < 1.29 is 14.3 Å². The van der Waals surface area contributed by atoms with Crippen LogP contribution in [0.2, 0.25) is 0 Å². The van der Waals surface area contributed by atoms with E-state index in [0.717, 1.165) is 0 Å². The van der Waals surface area contributed by atoms with Crippen LogP contribution in [0.5, 0.6) is 0 Å². The molecular weight excluding hydrogens is 242 g/mol.